The van der Waals surface area contributed by atoms with Gasteiger partial charge < -0.3 is 4.57 Å². The molecule has 1 heterocycles. The standard InChI is InChI=1S/C14H17ClN2O2S/c1-9(15)14-16-13-11(17(14)10-5-3-6-10)7-4-8-12(13)20(2,18)19/h4,7-10H,3,5-6H2,1-2H3. The van der Waals surface area contributed by atoms with Gasteiger partial charge >= 0.3 is 0 Å². The summed E-state index contributed by atoms with van der Waals surface area (Å²) < 4.78 is 25.9. The molecule has 0 spiro atoms. The van der Waals surface area contributed by atoms with Crippen LogP contribution in [0.4, 0.5) is 0 Å². The van der Waals surface area contributed by atoms with Gasteiger partial charge in [-0.15, -0.1) is 11.6 Å². The van der Waals surface area contributed by atoms with Crippen molar-refractivity contribution in [2.24, 2.45) is 0 Å². The number of benzene rings is 1. The molecule has 1 aromatic carbocycles. The molecule has 0 N–H and O–H groups in total. The predicted molar refractivity (Wildman–Crippen MR) is 80.0 cm³/mol. The molecular weight excluding hydrogens is 296 g/mol. The minimum atomic E-state index is -3.29. The number of aromatic nitrogens is 2. The van der Waals surface area contributed by atoms with Crippen molar-refractivity contribution >= 4 is 32.5 Å². The summed E-state index contributed by atoms with van der Waals surface area (Å²) in [5, 5.41) is -0.240. The molecule has 0 radical (unpaired) electrons. The molecule has 0 amide bonds. The van der Waals surface area contributed by atoms with Gasteiger partial charge in [0.1, 0.15) is 11.3 Å². The van der Waals surface area contributed by atoms with Crippen LogP contribution >= 0.6 is 11.6 Å². The maximum atomic E-state index is 11.9. The van der Waals surface area contributed by atoms with Crippen LogP contribution in [0, 0.1) is 0 Å². The van der Waals surface area contributed by atoms with Crippen LogP contribution in [0.3, 0.4) is 0 Å². The van der Waals surface area contributed by atoms with Gasteiger partial charge in [-0.05, 0) is 38.3 Å². The van der Waals surface area contributed by atoms with E-state index in [-0.39, 0.29) is 10.3 Å². The molecule has 0 bridgehead atoms. The number of nitrogens with zero attached hydrogens (tertiary/aromatic N) is 2. The Morgan fingerprint density at radius 1 is 1.40 bits per heavy atom. The van der Waals surface area contributed by atoms with Crippen molar-refractivity contribution in [2.45, 2.75) is 42.5 Å². The first-order chi connectivity index (χ1) is 9.39. The molecule has 1 aromatic heterocycles. The first-order valence-corrected chi connectivity index (χ1v) is 9.07. The van der Waals surface area contributed by atoms with Crippen LogP contribution in [0.25, 0.3) is 11.0 Å². The van der Waals surface area contributed by atoms with E-state index < -0.39 is 9.84 Å². The fourth-order valence-electron chi connectivity index (χ4n) is 2.72. The third-order valence-electron chi connectivity index (χ3n) is 3.91. The molecule has 108 valence electrons. The highest BCUT2D eigenvalue weighted by Gasteiger charge is 2.28. The quantitative estimate of drug-likeness (QED) is 0.815. The molecule has 1 unspecified atom stereocenters. The van der Waals surface area contributed by atoms with Gasteiger partial charge in [-0.25, -0.2) is 13.4 Å². The second-order valence-electron chi connectivity index (χ2n) is 5.44. The average molecular weight is 313 g/mol. The van der Waals surface area contributed by atoms with Gasteiger partial charge in [-0.2, -0.15) is 0 Å². The molecule has 1 fully saturated rings. The minimum absolute atomic E-state index is 0.240. The Kier molecular flexibility index (Phi) is 3.29. The number of alkyl halides is 1. The highest BCUT2D eigenvalue weighted by molar-refractivity contribution is 7.91. The molecule has 2 aromatic rings. The molecule has 1 aliphatic carbocycles. The van der Waals surface area contributed by atoms with Crippen LogP contribution in [-0.2, 0) is 9.84 Å². The second kappa shape index (κ2) is 4.74. The van der Waals surface area contributed by atoms with Crippen LogP contribution < -0.4 is 0 Å². The van der Waals surface area contributed by atoms with Crippen molar-refractivity contribution in [3.8, 4) is 0 Å². The highest BCUT2D eigenvalue weighted by atomic mass is 35.5. The zero-order chi connectivity index (χ0) is 14.5. The molecule has 1 aliphatic rings. The van der Waals surface area contributed by atoms with Gasteiger partial charge in [-0.1, -0.05) is 6.07 Å². The van der Waals surface area contributed by atoms with Crippen LogP contribution in [0.1, 0.15) is 43.4 Å². The van der Waals surface area contributed by atoms with E-state index in [9.17, 15) is 8.42 Å². The van der Waals surface area contributed by atoms with E-state index in [1.807, 2.05) is 13.0 Å². The molecule has 0 saturated heterocycles. The van der Waals surface area contributed by atoms with Crippen molar-refractivity contribution in [1.29, 1.82) is 0 Å². The first-order valence-electron chi connectivity index (χ1n) is 6.74. The lowest BCUT2D eigenvalue weighted by molar-refractivity contribution is 0.313. The Labute approximate surface area is 123 Å². The average Bonchev–Trinajstić information content (AvgIpc) is 2.65. The molecule has 6 heteroatoms. The monoisotopic (exact) mass is 312 g/mol. The predicted octanol–water partition coefficient (Wildman–Crippen LogP) is 3.46. The zero-order valence-corrected chi connectivity index (χ0v) is 13.1. The van der Waals surface area contributed by atoms with Crippen molar-refractivity contribution in [2.75, 3.05) is 6.26 Å². The Bertz CT molecular complexity index is 761. The maximum Gasteiger partial charge on any atom is 0.177 e. The third kappa shape index (κ3) is 2.13. The fourth-order valence-corrected chi connectivity index (χ4v) is 3.70. The Morgan fingerprint density at radius 2 is 2.10 bits per heavy atom. The summed E-state index contributed by atoms with van der Waals surface area (Å²) in [5.74, 6) is 0.766. The number of halogens is 1. The molecule has 4 nitrogen and oxygen atoms in total. The van der Waals surface area contributed by atoms with E-state index in [4.69, 9.17) is 11.6 Å². The third-order valence-corrected chi connectivity index (χ3v) is 5.23. The number of hydrogen-bond donors (Lipinski definition) is 0. The van der Waals surface area contributed by atoms with Crippen LogP contribution in [-0.4, -0.2) is 24.2 Å². The van der Waals surface area contributed by atoms with Crippen molar-refractivity contribution < 1.29 is 8.42 Å². The minimum Gasteiger partial charge on any atom is -0.324 e. The van der Waals surface area contributed by atoms with Gasteiger partial charge in [0.25, 0.3) is 0 Å². The van der Waals surface area contributed by atoms with Crippen molar-refractivity contribution in [1.82, 2.24) is 9.55 Å². The molecule has 1 saturated carbocycles. The molecule has 3 rings (SSSR count). The van der Waals surface area contributed by atoms with E-state index >= 15 is 0 Å². The number of rotatable bonds is 3. The summed E-state index contributed by atoms with van der Waals surface area (Å²) in [6, 6.07) is 5.71. The summed E-state index contributed by atoms with van der Waals surface area (Å²) in [6.07, 6.45) is 4.62. The van der Waals surface area contributed by atoms with Gasteiger partial charge in [0, 0.05) is 12.3 Å². The molecule has 0 aliphatic heterocycles. The Balaban J connectivity index is 2.33. The second-order valence-corrected chi connectivity index (χ2v) is 8.08. The largest absolute Gasteiger partial charge is 0.324 e. The van der Waals surface area contributed by atoms with E-state index in [0.29, 0.717) is 11.6 Å². The maximum absolute atomic E-state index is 11.9. The summed E-state index contributed by atoms with van der Waals surface area (Å²) >= 11 is 6.24. The van der Waals surface area contributed by atoms with Crippen LogP contribution in [0.5, 0.6) is 0 Å². The normalized spacial score (nSPS) is 18.1. The number of para-hydroxylation sites is 1. The SMILES string of the molecule is CC(Cl)c1nc2c(S(C)(=O)=O)cccc2n1C1CCC1. The Hall–Kier alpha value is -1.07. The lowest BCUT2D eigenvalue weighted by Crippen LogP contribution is -2.19. The molecule has 1 atom stereocenters. The summed E-state index contributed by atoms with van der Waals surface area (Å²) in [7, 11) is -3.29. The van der Waals surface area contributed by atoms with Gasteiger partial charge in [0.15, 0.2) is 9.84 Å². The topological polar surface area (TPSA) is 52.0 Å². The van der Waals surface area contributed by atoms with Crippen LogP contribution in [0.15, 0.2) is 23.1 Å². The van der Waals surface area contributed by atoms with Crippen molar-refractivity contribution in [3.05, 3.63) is 24.0 Å². The van der Waals surface area contributed by atoms with Gasteiger partial charge in [-0.3, -0.25) is 0 Å². The lowest BCUT2D eigenvalue weighted by Gasteiger charge is -2.29. The van der Waals surface area contributed by atoms with E-state index in [1.165, 1.54) is 12.7 Å². The van der Waals surface area contributed by atoms with Crippen molar-refractivity contribution in [3.63, 3.8) is 0 Å². The van der Waals surface area contributed by atoms with E-state index in [0.717, 1.165) is 24.2 Å². The number of imidazole rings is 1. The van der Waals surface area contributed by atoms with E-state index in [1.54, 1.807) is 12.1 Å². The Morgan fingerprint density at radius 3 is 2.60 bits per heavy atom. The number of hydrogen-bond acceptors (Lipinski definition) is 3. The molecule has 20 heavy (non-hydrogen) atoms. The lowest BCUT2D eigenvalue weighted by atomic mass is 9.92. The highest BCUT2D eigenvalue weighted by Crippen LogP contribution is 2.39. The van der Waals surface area contributed by atoms with Gasteiger partial charge in [0.05, 0.1) is 15.8 Å². The summed E-state index contributed by atoms with van der Waals surface area (Å²) in [4.78, 5) is 4.82. The summed E-state index contributed by atoms with van der Waals surface area (Å²) in [6.45, 7) is 1.87. The number of sulfone groups is 1. The smallest absolute Gasteiger partial charge is 0.177 e. The van der Waals surface area contributed by atoms with Crippen LogP contribution in [0.2, 0.25) is 0 Å². The molecular formula is C14H17ClN2O2S. The zero-order valence-electron chi connectivity index (χ0n) is 11.5. The van der Waals surface area contributed by atoms with E-state index in [2.05, 4.69) is 9.55 Å². The first kappa shape index (κ1) is 13.9. The van der Waals surface area contributed by atoms with Gasteiger partial charge in [0.2, 0.25) is 0 Å². The number of fused-ring (bicyclic) bond motifs is 1. The summed E-state index contributed by atoms with van der Waals surface area (Å²) in [5.41, 5.74) is 1.42. The fraction of sp³-hybridized carbons (Fsp3) is 0.500.